The second-order valence-corrected chi connectivity index (χ2v) is 9.56. The maximum atomic E-state index is 13.2. The molecule has 0 spiro atoms. The first-order valence-electron chi connectivity index (χ1n) is 10.5. The summed E-state index contributed by atoms with van der Waals surface area (Å²) in [5, 5.41) is 0.681. The maximum Gasteiger partial charge on any atom is 0.339 e. The van der Waals surface area contributed by atoms with Crippen LogP contribution in [0.25, 0.3) is 10.9 Å². The molecule has 0 saturated heterocycles. The Hall–Kier alpha value is -3.55. The third-order valence-electron chi connectivity index (χ3n) is 5.27. The number of aromatic nitrogens is 1. The Bertz CT molecular complexity index is 1390. The number of ether oxygens (including phenoxy) is 1. The fraction of sp³-hybridized carbons (Fsp3) is 0.154. The largest absolute Gasteiger partial charge is 0.452 e. The molecule has 0 aliphatic carbocycles. The molecule has 168 valence electrons. The highest BCUT2D eigenvalue weighted by Gasteiger charge is 2.23. The molecule has 0 amide bonds. The van der Waals surface area contributed by atoms with Gasteiger partial charge in [0.05, 0.1) is 22.5 Å². The second-order valence-electron chi connectivity index (χ2n) is 7.80. The molecular formula is C26H24N2O4S. The summed E-state index contributed by atoms with van der Waals surface area (Å²) >= 11 is 0. The lowest BCUT2D eigenvalue weighted by Crippen LogP contribution is -2.30. The molecule has 1 atom stereocenters. The fourth-order valence-corrected chi connectivity index (χ4v) is 4.58. The van der Waals surface area contributed by atoms with Gasteiger partial charge in [-0.3, -0.25) is 4.98 Å². The first kappa shape index (κ1) is 22.6. The van der Waals surface area contributed by atoms with Gasteiger partial charge in [0.25, 0.3) is 0 Å². The molecule has 6 nitrogen and oxygen atoms in total. The van der Waals surface area contributed by atoms with E-state index < -0.39 is 22.1 Å². The molecule has 0 fully saturated rings. The molecule has 0 saturated carbocycles. The number of carbonyl (C=O) groups excluding carboxylic acids is 1. The number of sulfonamides is 1. The Morgan fingerprint density at radius 3 is 2.33 bits per heavy atom. The van der Waals surface area contributed by atoms with E-state index in [-0.39, 0.29) is 11.4 Å². The van der Waals surface area contributed by atoms with Crippen molar-refractivity contribution in [3.05, 3.63) is 107 Å². The van der Waals surface area contributed by atoms with Crippen molar-refractivity contribution in [3.63, 3.8) is 0 Å². The summed E-state index contributed by atoms with van der Waals surface area (Å²) in [5.74, 6) is -0.542. The number of pyridine rings is 1. The zero-order valence-corrected chi connectivity index (χ0v) is 19.2. The number of nitrogens with one attached hydrogen (secondary N) is 1. The Morgan fingerprint density at radius 1 is 0.939 bits per heavy atom. The Morgan fingerprint density at radius 2 is 1.61 bits per heavy atom. The van der Waals surface area contributed by atoms with Crippen LogP contribution in [0.1, 0.15) is 33.3 Å². The van der Waals surface area contributed by atoms with Gasteiger partial charge in [-0.1, -0.05) is 66.2 Å². The number of carbonyl (C=O) groups is 1. The third-order valence-corrected chi connectivity index (χ3v) is 6.71. The standard InChI is InChI=1S/C26H24N2O4S/c1-18-12-14-21(15-13-18)33(30,31)27-17-25(20-8-4-3-5-9-20)32-26(29)23-16-19(2)28-24-11-7-6-10-22(23)24/h3-16,25,27H,17H2,1-2H3/t25-/m0/s1. The molecule has 0 bridgehead atoms. The summed E-state index contributed by atoms with van der Waals surface area (Å²) in [5.41, 5.74) is 3.43. The van der Waals surface area contributed by atoms with Crippen LogP contribution in [-0.2, 0) is 14.8 Å². The van der Waals surface area contributed by atoms with Crippen molar-refractivity contribution in [2.75, 3.05) is 6.54 Å². The zero-order valence-electron chi connectivity index (χ0n) is 18.4. The van der Waals surface area contributed by atoms with Crippen molar-refractivity contribution < 1.29 is 17.9 Å². The number of hydrogen-bond acceptors (Lipinski definition) is 5. The lowest BCUT2D eigenvalue weighted by molar-refractivity contribution is 0.0310. The fourth-order valence-electron chi connectivity index (χ4n) is 3.55. The van der Waals surface area contributed by atoms with Crippen molar-refractivity contribution in [3.8, 4) is 0 Å². The van der Waals surface area contributed by atoms with Gasteiger partial charge in [0.1, 0.15) is 6.10 Å². The molecule has 3 aromatic carbocycles. The molecule has 4 rings (SSSR count). The third kappa shape index (κ3) is 5.27. The normalized spacial score (nSPS) is 12.4. The molecule has 7 heteroatoms. The van der Waals surface area contributed by atoms with E-state index in [0.29, 0.717) is 27.7 Å². The average molecular weight is 461 g/mol. The maximum absolute atomic E-state index is 13.2. The molecule has 1 heterocycles. The van der Waals surface area contributed by atoms with Gasteiger partial charge in [0.15, 0.2) is 0 Å². The van der Waals surface area contributed by atoms with E-state index in [9.17, 15) is 13.2 Å². The monoisotopic (exact) mass is 460 g/mol. The van der Waals surface area contributed by atoms with Crippen LogP contribution in [0.2, 0.25) is 0 Å². The Balaban J connectivity index is 1.61. The molecular weight excluding hydrogens is 436 g/mol. The highest BCUT2D eigenvalue weighted by atomic mass is 32.2. The van der Waals surface area contributed by atoms with E-state index in [1.807, 2.05) is 56.3 Å². The summed E-state index contributed by atoms with van der Waals surface area (Å²) in [6, 6.07) is 24.7. The van der Waals surface area contributed by atoms with Crippen LogP contribution < -0.4 is 4.72 Å². The summed E-state index contributed by atoms with van der Waals surface area (Å²) in [7, 11) is -3.77. The van der Waals surface area contributed by atoms with E-state index in [0.717, 1.165) is 5.56 Å². The van der Waals surface area contributed by atoms with Crippen LogP contribution in [0.5, 0.6) is 0 Å². The lowest BCUT2D eigenvalue weighted by Gasteiger charge is -2.20. The topological polar surface area (TPSA) is 85.4 Å². The number of nitrogens with zero attached hydrogens (tertiary/aromatic N) is 1. The average Bonchev–Trinajstić information content (AvgIpc) is 2.82. The Labute approximate surface area is 193 Å². The van der Waals surface area contributed by atoms with Crippen molar-refractivity contribution >= 4 is 26.9 Å². The number of esters is 1. The van der Waals surface area contributed by atoms with Crippen molar-refractivity contribution in [1.82, 2.24) is 9.71 Å². The molecule has 0 aliphatic rings. The smallest absolute Gasteiger partial charge is 0.339 e. The van der Waals surface area contributed by atoms with Gasteiger partial charge in [-0.25, -0.2) is 17.9 Å². The van der Waals surface area contributed by atoms with Crippen LogP contribution in [0, 0.1) is 13.8 Å². The molecule has 0 radical (unpaired) electrons. The van der Waals surface area contributed by atoms with Gasteiger partial charge >= 0.3 is 5.97 Å². The molecule has 1 aromatic heterocycles. The van der Waals surface area contributed by atoms with Crippen molar-refractivity contribution in [2.24, 2.45) is 0 Å². The number of fused-ring (bicyclic) bond motifs is 1. The van der Waals surface area contributed by atoms with Gasteiger partial charge < -0.3 is 4.74 Å². The molecule has 0 aliphatic heterocycles. The number of rotatable bonds is 7. The Kier molecular flexibility index (Phi) is 6.53. The van der Waals surface area contributed by atoms with E-state index in [1.165, 1.54) is 0 Å². The minimum atomic E-state index is -3.77. The first-order valence-corrected chi connectivity index (χ1v) is 12.0. The van der Waals surface area contributed by atoms with Crippen LogP contribution in [0.15, 0.2) is 89.8 Å². The minimum Gasteiger partial charge on any atom is -0.452 e. The van der Waals surface area contributed by atoms with Crippen molar-refractivity contribution in [1.29, 1.82) is 0 Å². The minimum absolute atomic E-state index is 0.103. The molecule has 0 unspecified atom stereocenters. The summed E-state index contributed by atoms with van der Waals surface area (Å²) in [6.45, 7) is 3.60. The summed E-state index contributed by atoms with van der Waals surface area (Å²) in [4.78, 5) is 17.8. The summed E-state index contributed by atoms with van der Waals surface area (Å²) in [6.07, 6.45) is -0.814. The van der Waals surface area contributed by atoms with Gasteiger partial charge in [-0.15, -0.1) is 0 Å². The van der Waals surface area contributed by atoms with E-state index in [2.05, 4.69) is 9.71 Å². The van der Waals surface area contributed by atoms with Crippen molar-refractivity contribution in [2.45, 2.75) is 24.8 Å². The first-order chi connectivity index (χ1) is 15.8. The zero-order chi connectivity index (χ0) is 23.4. The lowest BCUT2D eigenvalue weighted by atomic mass is 10.1. The van der Waals surface area contributed by atoms with Gasteiger partial charge in [0, 0.05) is 11.1 Å². The number of para-hydroxylation sites is 1. The van der Waals surface area contributed by atoms with E-state index >= 15 is 0 Å². The molecule has 4 aromatic rings. The number of hydrogen-bond donors (Lipinski definition) is 1. The van der Waals surface area contributed by atoms with Crippen LogP contribution in [0.3, 0.4) is 0 Å². The van der Waals surface area contributed by atoms with Crippen LogP contribution >= 0.6 is 0 Å². The van der Waals surface area contributed by atoms with Crippen LogP contribution in [0.4, 0.5) is 0 Å². The van der Waals surface area contributed by atoms with E-state index in [4.69, 9.17) is 4.74 Å². The van der Waals surface area contributed by atoms with E-state index in [1.54, 1.807) is 42.5 Å². The number of aryl methyl sites for hydroxylation is 2. The predicted molar refractivity (Wildman–Crippen MR) is 127 cm³/mol. The predicted octanol–water partition coefficient (Wildman–Crippen LogP) is 4.73. The SMILES string of the molecule is Cc1ccc(S(=O)(=O)NC[C@H](OC(=O)c2cc(C)nc3ccccc23)c2ccccc2)cc1. The van der Waals surface area contributed by atoms with Gasteiger partial charge in [0.2, 0.25) is 10.0 Å². The number of benzene rings is 3. The van der Waals surface area contributed by atoms with Gasteiger partial charge in [-0.05, 0) is 43.7 Å². The molecule has 33 heavy (non-hydrogen) atoms. The molecule has 1 N–H and O–H groups in total. The highest BCUT2D eigenvalue weighted by Crippen LogP contribution is 2.24. The summed E-state index contributed by atoms with van der Waals surface area (Å²) < 4.78 is 34.0. The second kappa shape index (κ2) is 9.52. The van der Waals surface area contributed by atoms with Gasteiger partial charge in [-0.2, -0.15) is 0 Å². The highest BCUT2D eigenvalue weighted by molar-refractivity contribution is 7.89. The quantitative estimate of drug-likeness (QED) is 0.403. The van der Waals surface area contributed by atoms with Crippen LogP contribution in [-0.4, -0.2) is 25.9 Å².